The van der Waals surface area contributed by atoms with Crippen molar-refractivity contribution in [3.63, 3.8) is 0 Å². The van der Waals surface area contributed by atoms with Crippen molar-refractivity contribution in [3.05, 3.63) is 45.6 Å². The van der Waals surface area contributed by atoms with Gasteiger partial charge in [-0.05, 0) is 61.6 Å². The van der Waals surface area contributed by atoms with Crippen LogP contribution in [0.15, 0.2) is 30.3 Å². The number of unbranched alkanes of at least 4 members (excludes halogenated alkanes) is 5. The number of rotatable bonds is 13. The molecule has 0 amide bonds. The molecule has 3 aromatic heterocycles. The molecule has 0 aromatic carbocycles. The Balaban J connectivity index is 1.60. The maximum absolute atomic E-state index is 12.4. The lowest BCUT2D eigenvalue weighted by Crippen LogP contribution is -2.10. The summed E-state index contributed by atoms with van der Waals surface area (Å²) in [6, 6.07) is 10.8. The number of hydrogen-bond acceptors (Lipinski definition) is 5. The Labute approximate surface area is 205 Å². The van der Waals surface area contributed by atoms with Gasteiger partial charge in [-0.3, -0.25) is 0 Å². The number of hydrogen-bond donors (Lipinski definition) is 0. The Morgan fingerprint density at radius 3 is 2.44 bits per heavy atom. The zero-order chi connectivity index (χ0) is 22.9. The van der Waals surface area contributed by atoms with Crippen LogP contribution < -0.4 is 0 Å². The molecule has 0 saturated heterocycles. The topological polar surface area (TPSA) is 26.3 Å². The highest BCUT2D eigenvalue weighted by Gasteiger charge is 2.16. The number of carbonyl (C=O) groups excluding carboxylic acids is 1. The van der Waals surface area contributed by atoms with Crippen LogP contribution in [0.3, 0.4) is 0 Å². The van der Waals surface area contributed by atoms with Gasteiger partial charge in [0.25, 0.3) is 0 Å². The van der Waals surface area contributed by atoms with E-state index in [4.69, 9.17) is 4.74 Å². The van der Waals surface area contributed by atoms with Gasteiger partial charge in [0.2, 0.25) is 0 Å². The Morgan fingerprint density at radius 1 is 0.906 bits per heavy atom. The molecule has 174 valence electrons. The number of aryl methyl sites for hydroxylation is 2. The monoisotopic (exact) mass is 488 g/mol. The summed E-state index contributed by atoms with van der Waals surface area (Å²) in [5.41, 5.74) is 1.31. The van der Waals surface area contributed by atoms with Crippen LogP contribution in [0.25, 0.3) is 19.5 Å². The SMILES string of the molecule is CCCCCCCCc1ccc(-c2sc(-c3ccc(C(=O)OC[C@@H](C)CC)s3)cc2C)s1. The number of thiophene rings is 3. The van der Waals surface area contributed by atoms with Crippen LogP contribution in [0.5, 0.6) is 0 Å². The van der Waals surface area contributed by atoms with E-state index < -0.39 is 0 Å². The van der Waals surface area contributed by atoms with Crippen LogP contribution in [0.2, 0.25) is 0 Å². The Hall–Kier alpha value is -1.43. The second-order valence-electron chi connectivity index (χ2n) is 8.68. The first kappa shape index (κ1) is 25.2. The highest BCUT2D eigenvalue weighted by Crippen LogP contribution is 2.42. The van der Waals surface area contributed by atoms with E-state index in [2.05, 4.69) is 52.0 Å². The van der Waals surface area contributed by atoms with Crippen LogP contribution >= 0.6 is 34.0 Å². The summed E-state index contributed by atoms with van der Waals surface area (Å²) in [6.07, 6.45) is 10.3. The molecule has 3 heterocycles. The van der Waals surface area contributed by atoms with Gasteiger partial charge in [-0.1, -0.05) is 59.3 Å². The van der Waals surface area contributed by atoms with E-state index in [0.29, 0.717) is 17.4 Å². The van der Waals surface area contributed by atoms with Gasteiger partial charge in [0.1, 0.15) is 4.88 Å². The minimum Gasteiger partial charge on any atom is -0.461 e. The molecule has 0 aliphatic heterocycles. The van der Waals surface area contributed by atoms with Crippen molar-refractivity contribution in [2.45, 2.75) is 79.1 Å². The summed E-state index contributed by atoms with van der Waals surface area (Å²) in [6.45, 7) is 9.17. The predicted molar refractivity (Wildman–Crippen MR) is 142 cm³/mol. The van der Waals surface area contributed by atoms with E-state index in [0.717, 1.165) is 11.3 Å². The summed E-state index contributed by atoms with van der Waals surface area (Å²) in [5.74, 6) is 0.199. The Morgan fingerprint density at radius 2 is 1.66 bits per heavy atom. The molecule has 0 bridgehead atoms. The first-order valence-corrected chi connectivity index (χ1v) is 14.4. The fraction of sp³-hybridized carbons (Fsp3) is 0.519. The zero-order valence-corrected chi connectivity index (χ0v) is 22.3. The summed E-state index contributed by atoms with van der Waals surface area (Å²) >= 11 is 5.30. The van der Waals surface area contributed by atoms with Gasteiger partial charge in [-0.2, -0.15) is 0 Å². The molecule has 0 saturated carbocycles. The molecule has 0 unspecified atom stereocenters. The van der Waals surface area contributed by atoms with Crippen molar-refractivity contribution in [2.24, 2.45) is 5.92 Å². The van der Waals surface area contributed by atoms with E-state index in [1.807, 2.05) is 28.7 Å². The fourth-order valence-corrected chi connectivity index (χ4v) is 6.93. The maximum atomic E-state index is 12.4. The lowest BCUT2D eigenvalue weighted by Gasteiger charge is -2.08. The third-order valence-corrected chi connectivity index (χ3v) is 9.65. The minimum absolute atomic E-state index is 0.201. The molecule has 1 atom stereocenters. The van der Waals surface area contributed by atoms with Crippen molar-refractivity contribution in [1.29, 1.82) is 0 Å². The normalized spacial score (nSPS) is 12.2. The lowest BCUT2D eigenvalue weighted by molar-refractivity contribution is 0.0453. The lowest BCUT2D eigenvalue weighted by atomic mass is 10.1. The molecule has 2 nitrogen and oxygen atoms in total. The van der Waals surface area contributed by atoms with E-state index >= 15 is 0 Å². The van der Waals surface area contributed by atoms with E-state index in [1.165, 1.54) is 81.4 Å². The van der Waals surface area contributed by atoms with Crippen molar-refractivity contribution >= 4 is 40.0 Å². The van der Waals surface area contributed by atoms with Crippen LogP contribution in [-0.4, -0.2) is 12.6 Å². The summed E-state index contributed by atoms with van der Waals surface area (Å²) in [4.78, 5) is 19.6. The van der Waals surface area contributed by atoms with Crippen molar-refractivity contribution in [1.82, 2.24) is 0 Å². The Bertz CT molecular complexity index is 979. The molecule has 3 rings (SSSR count). The molecule has 0 spiro atoms. The highest BCUT2D eigenvalue weighted by atomic mass is 32.1. The molecule has 5 heteroatoms. The number of ether oxygens (including phenoxy) is 1. The molecule has 0 N–H and O–H groups in total. The molecule has 3 aromatic rings. The maximum Gasteiger partial charge on any atom is 0.348 e. The molecule has 0 aliphatic carbocycles. The minimum atomic E-state index is -0.201. The highest BCUT2D eigenvalue weighted by molar-refractivity contribution is 7.27. The van der Waals surface area contributed by atoms with Crippen molar-refractivity contribution < 1.29 is 9.53 Å². The van der Waals surface area contributed by atoms with Gasteiger partial charge in [0.05, 0.1) is 6.61 Å². The van der Waals surface area contributed by atoms with Gasteiger partial charge >= 0.3 is 5.97 Å². The van der Waals surface area contributed by atoms with E-state index in [1.54, 1.807) is 0 Å². The molecule has 0 aliphatic rings. The first-order chi connectivity index (χ1) is 15.5. The fourth-order valence-electron chi connectivity index (χ4n) is 3.55. The van der Waals surface area contributed by atoms with Crippen LogP contribution in [0.1, 0.15) is 85.8 Å². The quantitative estimate of drug-likeness (QED) is 0.177. The third kappa shape index (κ3) is 7.03. The number of carbonyl (C=O) groups is 1. The van der Waals surface area contributed by atoms with E-state index in [9.17, 15) is 4.79 Å². The van der Waals surface area contributed by atoms with Gasteiger partial charge in [0, 0.05) is 24.4 Å². The molecule has 32 heavy (non-hydrogen) atoms. The van der Waals surface area contributed by atoms with Gasteiger partial charge in [-0.15, -0.1) is 34.0 Å². The average Bonchev–Trinajstić information content (AvgIpc) is 3.53. The van der Waals surface area contributed by atoms with Gasteiger partial charge < -0.3 is 4.74 Å². The number of esters is 1. The summed E-state index contributed by atoms with van der Waals surface area (Å²) in [7, 11) is 0. The van der Waals surface area contributed by atoms with Gasteiger partial charge in [0.15, 0.2) is 0 Å². The average molecular weight is 489 g/mol. The molecule has 0 radical (unpaired) electrons. The third-order valence-electron chi connectivity index (χ3n) is 5.83. The molecule has 0 fully saturated rings. The molecular formula is C27H36O2S3. The predicted octanol–water partition coefficient (Wildman–Crippen LogP) is 9.62. The van der Waals surface area contributed by atoms with Crippen LogP contribution in [0.4, 0.5) is 0 Å². The zero-order valence-electron chi connectivity index (χ0n) is 19.9. The Kier molecular flexibility index (Phi) is 10.0. The smallest absolute Gasteiger partial charge is 0.348 e. The van der Waals surface area contributed by atoms with Crippen LogP contribution in [-0.2, 0) is 11.2 Å². The van der Waals surface area contributed by atoms with E-state index in [-0.39, 0.29) is 5.97 Å². The second-order valence-corrected chi connectivity index (χ2v) is 12.0. The van der Waals surface area contributed by atoms with Crippen molar-refractivity contribution in [2.75, 3.05) is 6.61 Å². The molecular weight excluding hydrogens is 452 g/mol. The van der Waals surface area contributed by atoms with Crippen molar-refractivity contribution in [3.8, 4) is 19.5 Å². The summed E-state index contributed by atoms with van der Waals surface area (Å²) in [5, 5.41) is 0. The van der Waals surface area contributed by atoms with Gasteiger partial charge in [-0.25, -0.2) is 4.79 Å². The first-order valence-electron chi connectivity index (χ1n) is 12.0. The van der Waals surface area contributed by atoms with Crippen LogP contribution in [0, 0.1) is 12.8 Å². The largest absolute Gasteiger partial charge is 0.461 e. The standard InChI is InChI=1S/C27H36O2S3/c1-5-7-8-9-10-11-12-21-13-14-23(30-21)26-20(4)17-25(32-26)22-15-16-24(31-22)27(28)29-18-19(3)6-2/h13-17,19H,5-12,18H2,1-4H3/t19-/m0/s1. The second kappa shape index (κ2) is 12.7. The summed E-state index contributed by atoms with van der Waals surface area (Å²) < 4.78 is 5.47.